The first-order valence-corrected chi connectivity index (χ1v) is 17.9. The Bertz CT molecular complexity index is 1730. The van der Waals surface area contributed by atoms with E-state index in [4.69, 9.17) is 14.2 Å². The Morgan fingerprint density at radius 1 is 0.939 bits per heavy atom. The van der Waals surface area contributed by atoms with Gasteiger partial charge in [0.2, 0.25) is 5.91 Å². The molecule has 3 aromatic rings. The Balaban J connectivity index is 1.10. The minimum atomic E-state index is -0.323. The number of benzene rings is 1. The number of pyridine rings is 2. The predicted octanol–water partition coefficient (Wildman–Crippen LogP) is 6.64. The van der Waals surface area contributed by atoms with Gasteiger partial charge < -0.3 is 19.5 Å². The molecule has 4 saturated carbocycles. The van der Waals surface area contributed by atoms with Crippen LogP contribution in [-0.4, -0.2) is 53.6 Å². The molecule has 0 bridgehead atoms. The van der Waals surface area contributed by atoms with Crippen molar-refractivity contribution in [3.63, 3.8) is 0 Å². The van der Waals surface area contributed by atoms with Crippen molar-refractivity contribution in [1.29, 1.82) is 0 Å². The van der Waals surface area contributed by atoms with E-state index in [1.807, 2.05) is 30.3 Å². The van der Waals surface area contributed by atoms with Crippen LogP contribution in [0.2, 0.25) is 0 Å². The SMILES string of the molecule is C[C@H](CCC(=O)Nc1cc2cccnc2c2ncccc12)[C@H]1CC[C@H]2[C@@H]3[C@H](OC=O)C[C@@H]4C[C@H](OC=O)CC[C@]4(C)[C@H]3C[C@H](OC=O)[C@]12C. The summed E-state index contributed by atoms with van der Waals surface area (Å²) in [6.07, 6.45) is 9.75. The Kier molecular flexibility index (Phi) is 9.09. The number of amides is 1. The second kappa shape index (κ2) is 13.3. The van der Waals surface area contributed by atoms with E-state index >= 15 is 0 Å². The zero-order valence-electron chi connectivity index (χ0n) is 28.6. The van der Waals surface area contributed by atoms with Crippen LogP contribution in [0.5, 0.6) is 0 Å². The van der Waals surface area contributed by atoms with Gasteiger partial charge in [-0.05, 0) is 111 Å². The van der Waals surface area contributed by atoms with Crippen LogP contribution in [0.25, 0.3) is 21.8 Å². The molecule has 0 saturated heterocycles. The molecule has 10 heteroatoms. The van der Waals surface area contributed by atoms with Crippen LogP contribution in [0.1, 0.15) is 78.6 Å². The van der Waals surface area contributed by atoms with E-state index in [1.54, 1.807) is 12.4 Å². The third-order valence-corrected chi connectivity index (χ3v) is 13.7. The lowest BCUT2D eigenvalue weighted by Gasteiger charge is -2.64. The van der Waals surface area contributed by atoms with Crippen LogP contribution in [0.15, 0.2) is 42.7 Å². The fourth-order valence-corrected chi connectivity index (χ4v) is 11.4. The summed E-state index contributed by atoms with van der Waals surface area (Å²) < 4.78 is 17.4. The molecule has 4 fully saturated rings. The highest BCUT2D eigenvalue weighted by molar-refractivity contribution is 6.11. The number of anilines is 1. The van der Waals surface area contributed by atoms with E-state index in [-0.39, 0.29) is 70.6 Å². The average molecular weight is 670 g/mol. The number of rotatable bonds is 11. The fraction of sp³-hybridized carbons (Fsp3) is 0.590. The van der Waals surface area contributed by atoms with Gasteiger partial charge in [0.1, 0.15) is 18.3 Å². The number of fused-ring (bicyclic) bond motifs is 8. The van der Waals surface area contributed by atoms with Crippen molar-refractivity contribution in [1.82, 2.24) is 9.97 Å². The van der Waals surface area contributed by atoms with E-state index in [1.165, 1.54) is 0 Å². The molecule has 10 nitrogen and oxygen atoms in total. The zero-order valence-corrected chi connectivity index (χ0v) is 28.6. The topological polar surface area (TPSA) is 134 Å². The molecule has 49 heavy (non-hydrogen) atoms. The molecule has 1 aromatic carbocycles. The van der Waals surface area contributed by atoms with Gasteiger partial charge in [-0.3, -0.25) is 29.1 Å². The largest absolute Gasteiger partial charge is 0.465 e. The molecule has 0 unspecified atom stereocenters. The molecule has 260 valence electrons. The molecule has 2 aromatic heterocycles. The molecular formula is C39H47N3O7. The number of hydrogen-bond acceptors (Lipinski definition) is 9. The van der Waals surface area contributed by atoms with E-state index < -0.39 is 0 Å². The van der Waals surface area contributed by atoms with Crippen LogP contribution in [-0.2, 0) is 33.4 Å². The molecule has 11 atom stereocenters. The summed E-state index contributed by atoms with van der Waals surface area (Å²) in [6, 6.07) is 9.64. The summed E-state index contributed by atoms with van der Waals surface area (Å²) in [7, 11) is 0. The standard InChI is InChI=1S/C39H47N3O7/c1-23(8-11-34(46)42-31-16-24-6-4-14-40-36(24)37-27(31)7-5-15-41-37)28-9-10-29-35-30(19-33(49-22-45)39(28,29)3)38(2)13-12-26(47-20-43)17-25(38)18-32(35)48-21-44/h4-7,14-16,20-23,25-26,28-30,32-33,35H,8-13,17-19H2,1-3H3,(H,42,46)/t23-,25+,26-,28-,29+,30+,32-,33+,35+,38+,39-/m1/s1. The van der Waals surface area contributed by atoms with E-state index in [2.05, 4.69) is 36.1 Å². The summed E-state index contributed by atoms with van der Waals surface area (Å²) in [5, 5.41) is 4.93. The fourth-order valence-electron chi connectivity index (χ4n) is 11.4. The lowest BCUT2D eigenvalue weighted by Crippen LogP contribution is -2.63. The third-order valence-electron chi connectivity index (χ3n) is 13.7. The summed E-state index contributed by atoms with van der Waals surface area (Å²) in [5.41, 5.74) is 1.93. The van der Waals surface area contributed by atoms with Crippen molar-refractivity contribution < 1.29 is 33.4 Å². The van der Waals surface area contributed by atoms with Gasteiger partial charge in [0.15, 0.2) is 0 Å². The van der Waals surface area contributed by atoms with Gasteiger partial charge in [-0.15, -0.1) is 0 Å². The highest BCUT2D eigenvalue weighted by Gasteiger charge is 2.67. The van der Waals surface area contributed by atoms with E-state index in [9.17, 15) is 19.2 Å². The Hall–Kier alpha value is -4.08. The van der Waals surface area contributed by atoms with Crippen LogP contribution in [0.4, 0.5) is 5.69 Å². The number of hydrogen-bond donors (Lipinski definition) is 1. The quantitative estimate of drug-likeness (QED) is 0.135. The summed E-state index contributed by atoms with van der Waals surface area (Å²) in [4.78, 5) is 57.6. The molecule has 1 amide bonds. The molecule has 0 radical (unpaired) electrons. The maximum Gasteiger partial charge on any atom is 0.293 e. The maximum atomic E-state index is 13.5. The van der Waals surface area contributed by atoms with Gasteiger partial charge in [-0.2, -0.15) is 0 Å². The number of nitrogens with one attached hydrogen (secondary N) is 1. The molecule has 7 rings (SSSR count). The zero-order chi connectivity index (χ0) is 34.3. The summed E-state index contributed by atoms with van der Waals surface area (Å²) in [5.74, 6) is 1.17. The average Bonchev–Trinajstić information content (AvgIpc) is 3.46. The van der Waals surface area contributed by atoms with Crippen molar-refractivity contribution in [2.75, 3.05) is 5.32 Å². The lowest BCUT2D eigenvalue weighted by atomic mass is 9.43. The molecular weight excluding hydrogens is 622 g/mol. The first-order chi connectivity index (χ1) is 23.7. The second-order valence-corrected chi connectivity index (χ2v) is 15.6. The smallest absolute Gasteiger partial charge is 0.293 e. The van der Waals surface area contributed by atoms with Crippen LogP contribution >= 0.6 is 0 Å². The third kappa shape index (κ3) is 5.65. The Labute approximate surface area is 287 Å². The van der Waals surface area contributed by atoms with Gasteiger partial charge in [-0.1, -0.05) is 26.8 Å². The number of nitrogens with zero attached hydrogens (tertiary/aromatic N) is 2. The highest BCUT2D eigenvalue weighted by Crippen LogP contribution is 2.69. The first kappa shape index (κ1) is 33.4. The molecule has 0 spiro atoms. The summed E-state index contributed by atoms with van der Waals surface area (Å²) in [6.45, 7) is 8.60. The predicted molar refractivity (Wildman–Crippen MR) is 183 cm³/mol. The molecule has 2 heterocycles. The van der Waals surface area contributed by atoms with Crippen molar-refractivity contribution >= 4 is 52.8 Å². The second-order valence-electron chi connectivity index (χ2n) is 15.6. The number of carbonyl (C=O) groups excluding carboxylic acids is 4. The van der Waals surface area contributed by atoms with Crippen LogP contribution in [0, 0.1) is 46.3 Å². The molecule has 4 aliphatic rings. The number of aromatic nitrogens is 2. The minimum Gasteiger partial charge on any atom is -0.465 e. The van der Waals surface area contributed by atoms with Crippen molar-refractivity contribution in [2.24, 2.45) is 46.3 Å². The number of carbonyl (C=O) groups is 4. The highest BCUT2D eigenvalue weighted by atomic mass is 16.5. The normalized spacial score (nSPS) is 35.7. The van der Waals surface area contributed by atoms with Gasteiger partial charge in [0.05, 0.1) is 16.7 Å². The van der Waals surface area contributed by atoms with Gasteiger partial charge in [0.25, 0.3) is 19.4 Å². The molecule has 0 aliphatic heterocycles. The molecule has 1 N–H and O–H groups in total. The molecule has 4 aliphatic carbocycles. The van der Waals surface area contributed by atoms with Gasteiger partial charge in [-0.25, -0.2) is 0 Å². The first-order valence-electron chi connectivity index (χ1n) is 17.9. The lowest BCUT2D eigenvalue weighted by molar-refractivity contribution is -0.218. The van der Waals surface area contributed by atoms with E-state index in [0.717, 1.165) is 66.0 Å². The van der Waals surface area contributed by atoms with E-state index in [0.29, 0.717) is 38.7 Å². The van der Waals surface area contributed by atoms with Crippen molar-refractivity contribution in [3.05, 3.63) is 42.7 Å². The van der Waals surface area contributed by atoms with Crippen molar-refractivity contribution in [3.8, 4) is 0 Å². The summed E-state index contributed by atoms with van der Waals surface area (Å²) >= 11 is 0. The van der Waals surface area contributed by atoms with Crippen LogP contribution < -0.4 is 5.32 Å². The van der Waals surface area contributed by atoms with Crippen LogP contribution in [0.3, 0.4) is 0 Å². The van der Waals surface area contributed by atoms with Gasteiger partial charge >= 0.3 is 0 Å². The minimum absolute atomic E-state index is 0.0394. The Morgan fingerprint density at radius 2 is 1.69 bits per heavy atom. The maximum absolute atomic E-state index is 13.5. The van der Waals surface area contributed by atoms with Crippen molar-refractivity contribution in [2.45, 2.75) is 96.9 Å². The number of ether oxygens (including phenoxy) is 3. The monoisotopic (exact) mass is 669 g/mol. The van der Waals surface area contributed by atoms with Gasteiger partial charge in [0, 0.05) is 40.9 Å². The Morgan fingerprint density at radius 3 is 2.47 bits per heavy atom.